The molecule has 0 saturated carbocycles. The lowest BCUT2D eigenvalue weighted by molar-refractivity contribution is 0.617. The zero-order valence-electron chi connectivity index (χ0n) is 11.0. The maximum absolute atomic E-state index is 6.26. The van der Waals surface area contributed by atoms with E-state index in [1.165, 1.54) is 11.3 Å². The minimum absolute atomic E-state index is 0.635. The van der Waals surface area contributed by atoms with E-state index in [2.05, 4.69) is 31.7 Å². The molecule has 2 nitrogen and oxygen atoms in total. The van der Waals surface area contributed by atoms with Crippen molar-refractivity contribution in [2.45, 2.75) is 27.2 Å². The first-order valence-electron chi connectivity index (χ1n) is 6.32. The van der Waals surface area contributed by atoms with E-state index in [0.717, 1.165) is 24.5 Å². The molecule has 1 aromatic carbocycles. The number of nitrogens with two attached hydrogens (primary N) is 1. The second kappa shape index (κ2) is 6.87. The highest BCUT2D eigenvalue weighted by Gasteiger charge is 2.13. The summed E-state index contributed by atoms with van der Waals surface area (Å²) in [5.41, 5.74) is 8.08. The monoisotopic (exact) mass is 254 g/mol. The van der Waals surface area contributed by atoms with Crippen LogP contribution in [0.4, 0.5) is 5.69 Å². The molecule has 0 amide bonds. The number of anilines is 1. The molecule has 0 spiro atoms. The van der Waals surface area contributed by atoms with Gasteiger partial charge in [-0.1, -0.05) is 31.5 Å². The molecule has 17 heavy (non-hydrogen) atoms. The number of benzene rings is 1. The van der Waals surface area contributed by atoms with Gasteiger partial charge in [-0.05, 0) is 43.5 Å². The van der Waals surface area contributed by atoms with Gasteiger partial charge in [0.1, 0.15) is 0 Å². The molecule has 1 rings (SSSR count). The summed E-state index contributed by atoms with van der Waals surface area (Å²) in [4.78, 5) is 2.38. The predicted molar refractivity (Wildman–Crippen MR) is 76.9 cm³/mol. The fraction of sp³-hybridized carbons (Fsp3) is 0.571. The summed E-state index contributed by atoms with van der Waals surface area (Å²) in [5.74, 6) is 0.639. The van der Waals surface area contributed by atoms with Crippen LogP contribution in [0.5, 0.6) is 0 Å². The molecule has 96 valence electrons. The molecule has 3 heteroatoms. The minimum atomic E-state index is 0.635. The van der Waals surface area contributed by atoms with Gasteiger partial charge in [-0.25, -0.2) is 0 Å². The Bertz CT molecular complexity index is 350. The van der Waals surface area contributed by atoms with Gasteiger partial charge in [-0.3, -0.25) is 0 Å². The van der Waals surface area contributed by atoms with Crippen LogP contribution in [0.3, 0.4) is 0 Å². The molecule has 1 aromatic rings. The third kappa shape index (κ3) is 3.90. The summed E-state index contributed by atoms with van der Waals surface area (Å²) in [5, 5.41) is 0.829. The van der Waals surface area contributed by atoms with Gasteiger partial charge in [0.25, 0.3) is 0 Å². The van der Waals surface area contributed by atoms with Crippen LogP contribution in [0.15, 0.2) is 18.2 Å². The van der Waals surface area contributed by atoms with Crippen molar-refractivity contribution >= 4 is 17.3 Å². The van der Waals surface area contributed by atoms with E-state index in [9.17, 15) is 0 Å². The Morgan fingerprint density at radius 2 is 2.06 bits per heavy atom. The van der Waals surface area contributed by atoms with Crippen LogP contribution in [0.1, 0.15) is 26.3 Å². The highest BCUT2D eigenvalue weighted by Crippen LogP contribution is 2.28. The Morgan fingerprint density at radius 1 is 1.35 bits per heavy atom. The van der Waals surface area contributed by atoms with Gasteiger partial charge in [-0.2, -0.15) is 0 Å². The fourth-order valence-electron chi connectivity index (χ4n) is 2.07. The van der Waals surface area contributed by atoms with E-state index < -0.39 is 0 Å². The van der Waals surface area contributed by atoms with E-state index in [1.54, 1.807) is 0 Å². The van der Waals surface area contributed by atoms with Gasteiger partial charge in [0.2, 0.25) is 0 Å². The summed E-state index contributed by atoms with van der Waals surface area (Å²) in [6.07, 6.45) is 0.837. The Labute approximate surface area is 110 Å². The van der Waals surface area contributed by atoms with Gasteiger partial charge in [0, 0.05) is 23.8 Å². The van der Waals surface area contributed by atoms with Crippen molar-refractivity contribution in [3.05, 3.63) is 28.8 Å². The highest BCUT2D eigenvalue weighted by molar-refractivity contribution is 6.31. The largest absolute Gasteiger partial charge is 0.371 e. The van der Waals surface area contributed by atoms with Crippen LogP contribution in [-0.2, 0) is 6.42 Å². The van der Waals surface area contributed by atoms with Crippen molar-refractivity contribution in [3.63, 3.8) is 0 Å². The molecule has 0 heterocycles. The van der Waals surface area contributed by atoms with Crippen molar-refractivity contribution in [2.75, 3.05) is 24.5 Å². The Morgan fingerprint density at radius 3 is 2.59 bits per heavy atom. The lowest BCUT2D eigenvalue weighted by Gasteiger charge is -2.28. The zero-order valence-corrected chi connectivity index (χ0v) is 11.8. The lowest BCUT2D eigenvalue weighted by atomic mass is 10.1. The second-order valence-corrected chi connectivity index (χ2v) is 5.12. The lowest BCUT2D eigenvalue weighted by Crippen LogP contribution is -2.28. The standard InChI is InChI=1S/C14H23ClN2/c1-4-17(10-11(2)3)14-7-5-6-13(15)12(14)8-9-16/h5-7,11H,4,8-10,16H2,1-3H3. The van der Waals surface area contributed by atoms with Crippen molar-refractivity contribution in [2.24, 2.45) is 11.7 Å². The van der Waals surface area contributed by atoms with Crippen LogP contribution in [0.25, 0.3) is 0 Å². The second-order valence-electron chi connectivity index (χ2n) is 4.71. The summed E-state index contributed by atoms with van der Waals surface area (Å²) >= 11 is 6.26. The fourth-order valence-corrected chi connectivity index (χ4v) is 2.34. The highest BCUT2D eigenvalue weighted by atomic mass is 35.5. The molecular formula is C14H23ClN2. The van der Waals surface area contributed by atoms with Crippen molar-refractivity contribution in [1.29, 1.82) is 0 Å². The third-order valence-corrected chi connectivity index (χ3v) is 3.15. The number of halogens is 1. The first-order valence-corrected chi connectivity index (χ1v) is 6.70. The van der Waals surface area contributed by atoms with Crippen molar-refractivity contribution in [3.8, 4) is 0 Å². The molecule has 0 aliphatic rings. The third-order valence-electron chi connectivity index (χ3n) is 2.80. The zero-order chi connectivity index (χ0) is 12.8. The predicted octanol–water partition coefficient (Wildman–Crippen LogP) is 3.32. The van der Waals surface area contributed by atoms with Gasteiger partial charge in [0.15, 0.2) is 0 Å². The number of nitrogens with zero attached hydrogens (tertiary/aromatic N) is 1. The number of hydrogen-bond donors (Lipinski definition) is 1. The topological polar surface area (TPSA) is 29.3 Å². The van der Waals surface area contributed by atoms with Gasteiger partial charge in [-0.15, -0.1) is 0 Å². The molecule has 0 unspecified atom stereocenters. The Kier molecular flexibility index (Phi) is 5.79. The minimum Gasteiger partial charge on any atom is -0.371 e. The van der Waals surface area contributed by atoms with Gasteiger partial charge < -0.3 is 10.6 Å². The van der Waals surface area contributed by atoms with E-state index in [4.69, 9.17) is 17.3 Å². The molecule has 0 aliphatic heterocycles. The average Bonchev–Trinajstić information content (AvgIpc) is 2.29. The van der Waals surface area contributed by atoms with Crippen LogP contribution < -0.4 is 10.6 Å². The number of rotatable bonds is 6. The SMILES string of the molecule is CCN(CC(C)C)c1cccc(Cl)c1CCN. The maximum Gasteiger partial charge on any atom is 0.0459 e. The summed E-state index contributed by atoms with van der Waals surface area (Å²) in [7, 11) is 0. The molecule has 0 radical (unpaired) electrons. The molecule has 0 atom stereocenters. The first kappa shape index (κ1) is 14.3. The van der Waals surface area contributed by atoms with E-state index >= 15 is 0 Å². The average molecular weight is 255 g/mol. The van der Waals surface area contributed by atoms with Crippen LogP contribution in [-0.4, -0.2) is 19.6 Å². The molecule has 0 aromatic heterocycles. The summed E-state index contributed by atoms with van der Waals surface area (Å²) in [6.45, 7) is 9.32. The van der Waals surface area contributed by atoms with E-state index in [1.807, 2.05) is 12.1 Å². The molecule has 0 fully saturated rings. The van der Waals surface area contributed by atoms with Gasteiger partial charge >= 0.3 is 0 Å². The molecule has 2 N–H and O–H groups in total. The summed E-state index contributed by atoms with van der Waals surface area (Å²) < 4.78 is 0. The normalized spacial score (nSPS) is 10.9. The molecule has 0 aliphatic carbocycles. The quantitative estimate of drug-likeness (QED) is 0.844. The smallest absolute Gasteiger partial charge is 0.0459 e. The summed E-state index contributed by atoms with van der Waals surface area (Å²) in [6, 6.07) is 6.10. The first-order chi connectivity index (χ1) is 8.10. The van der Waals surface area contributed by atoms with Crippen molar-refractivity contribution in [1.82, 2.24) is 0 Å². The van der Waals surface area contributed by atoms with Crippen LogP contribution >= 0.6 is 11.6 Å². The molecule has 0 saturated heterocycles. The maximum atomic E-state index is 6.26. The number of hydrogen-bond acceptors (Lipinski definition) is 2. The van der Waals surface area contributed by atoms with E-state index in [0.29, 0.717) is 12.5 Å². The molecular weight excluding hydrogens is 232 g/mol. The Hall–Kier alpha value is -0.730. The van der Waals surface area contributed by atoms with Crippen LogP contribution in [0.2, 0.25) is 5.02 Å². The van der Waals surface area contributed by atoms with Gasteiger partial charge in [0.05, 0.1) is 0 Å². The van der Waals surface area contributed by atoms with E-state index in [-0.39, 0.29) is 0 Å². The molecule has 0 bridgehead atoms. The Balaban J connectivity index is 3.04. The van der Waals surface area contributed by atoms with Crippen LogP contribution in [0, 0.1) is 5.92 Å². The van der Waals surface area contributed by atoms with Crippen molar-refractivity contribution < 1.29 is 0 Å².